The predicted octanol–water partition coefficient (Wildman–Crippen LogP) is 1.05. The van der Waals surface area contributed by atoms with Crippen molar-refractivity contribution in [3.63, 3.8) is 0 Å². The summed E-state index contributed by atoms with van der Waals surface area (Å²) in [6, 6.07) is 7.44. The van der Waals surface area contributed by atoms with Gasteiger partial charge in [-0.05, 0) is 30.5 Å². The Morgan fingerprint density at radius 3 is 2.30 bits per heavy atom. The first-order valence-electron chi connectivity index (χ1n) is 8.22. The second-order valence-corrected chi connectivity index (χ2v) is 6.36. The number of nitrogens with two attached hydrogens (primary N) is 1. The molecule has 3 N–H and O–H groups in total. The topological polar surface area (TPSA) is 78.7 Å². The normalized spacial score (nSPS) is 21.0. The van der Waals surface area contributed by atoms with E-state index in [1.54, 1.807) is 0 Å². The minimum Gasteiger partial charge on any atom is -0.326 e. The number of carbonyl (C=O) groups excluding carboxylic acids is 2. The van der Waals surface area contributed by atoms with E-state index in [4.69, 9.17) is 5.73 Å². The van der Waals surface area contributed by atoms with Gasteiger partial charge < -0.3 is 16.0 Å². The van der Waals surface area contributed by atoms with E-state index in [0.29, 0.717) is 25.9 Å². The van der Waals surface area contributed by atoms with Crippen molar-refractivity contribution in [2.45, 2.75) is 38.4 Å². The zero-order valence-corrected chi connectivity index (χ0v) is 13.5. The third-order valence-electron chi connectivity index (χ3n) is 5.00. The molecule has 124 valence electrons. The first-order valence-corrected chi connectivity index (χ1v) is 8.22. The largest absolute Gasteiger partial charge is 0.326 e. The van der Waals surface area contributed by atoms with Crippen molar-refractivity contribution in [3.05, 3.63) is 35.4 Å². The molecule has 2 saturated heterocycles. The zero-order valence-electron chi connectivity index (χ0n) is 13.5. The Kier molecular flexibility index (Phi) is 4.37. The van der Waals surface area contributed by atoms with Crippen molar-refractivity contribution in [1.82, 2.24) is 15.1 Å². The van der Waals surface area contributed by atoms with Gasteiger partial charge in [0.2, 0.25) is 0 Å². The molecule has 1 spiro atoms. The fraction of sp³-hybridized carbons (Fsp3) is 0.529. The van der Waals surface area contributed by atoms with Gasteiger partial charge >= 0.3 is 6.03 Å². The molecule has 0 unspecified atom stereocenters. The van der Waals surface area contributed by atoms with Gasteiger partial charge in [0.1, 0.15) is 5.54 Å². The molecule has 2 aliphatic heterocycles. The molecular weight excluding hydrogens is 292 g/mol. The Morgan fingerprint density at radius 1 is 1.13 bits per heavy atom. The second kappa shape index (κ2) is 6.29. The highest BCUT2D eigenvalue weighted by molar-refractivity contribution is 6.07. The molecule has 1 aromatic rings. The lowest BCUT2D eigenvalue weighted by Gasteiger charge is -2.36. The van der Waals surface area contributed by atoms with Gasteiger partial charge in [0.15, 0.2) is 0 Å². The van der Waals surface area contributed by atoms with E-state index in [0.717, 1.165) is 30.8 Å². The maximum atomic E-state index is 12.8. The number of hydrogen-bond acceptors (Lipinski definition) is 4. The number of urea groups is 1. The number of amides is 3. The van der Waals surface area contributed by atoms with Crippen LogP contribution in [-0.4, -0.2) is 46.9 Å². The molecule has 6 nitrogen and oxygen atoms in total. The molecule has 1 aromatic carbocycles. The fourth-order valence-corrected chi connectivity index (χ4v) is 3.37. The van der Waals surface area contributed by atoms with Crippen molar-refractivity contribution < 1.29 is 9.59 Å². The number of hydrogen-bond donors (Lipinski definition) is 2. The highest BCUT2D eigenvalue weighted by atomic mass is 16.2. The number of nitrogens with zero attached hydrogens (tertiary/aromatic N) is 2. The molecule has 0 radical (unpaired) electrons. The Balaban J connectivity index is 1.71. The van der Waals surface area contributed by atoms with Crippen LogP contribution in [0, 0.1) is 0 Å². The molecule has 23 heavy (non-hydrogen) atoms. The average molecular weight is 316 g/mol. The maximum Gasteiger partial charge on any atom is 0.325 e. The van der Waals surface area contributed by atoms with Crippen LogP contribution in [0.3, 0.4) is 0 Å². The molecular formula is C17H24N4O2. The Morgan fingerprint density at radius 2 is 1.74 bits per heavy atom. The van der Waals surface area contributed by atoms with Crippen molar-refractivity contribution in [2.24, 2.45) is 5.73 Å². The predicted molar refractivity (Wildman–Crippen MR) is 87.5 cm³/mol. The van der Waals surface area contributed by atoms with Crippen LogP contribution in [0.1, 0.15) is 30.9 Å². The van der Waals surface area contributed by atoms with Crippen molar-refractivity contribution >= 4 is 11.9 Å². The van der Waals surface area contributed by atoms with Gasteiger partial charge in [-0.2, -0.15) is 0 Å². The van der Waals surface area contributed by atoms with Crippen LogP contribution in [0.25, 0.3) is 0 Å². The van der Waals surface area contributed by atoms with E-state index in [2.05, 4.69) is 17.1 Å². The molecule has 0 saturated carbocycles. The molecule has 2 heterocycles. The number of likely N-dealkylation sites (tertiary alicyclic amines) is 1. The Bertz CT molecular complexity index is 591. The highest BCUT2D eigenvalue weighted by Crippen LogP contribution is 2.30. The van der Waals surface area contributed by atoms with Crippen molar-refractivity contribution in [3.8, 4) is 0 Å². The second-order valence-electron chi connectivity index (χ2n) is 6.36. The number of piperidine rings is 1. The third-order valence-corrected chi connectivity index (χ3v) is 5.00. The van der Waals surface area contributed by atoms with E-state index < -0.39 is 5.54 Å². The van der Waals surface area contributed by atoms with Gasteiger partial charge in [0.05, 0.1) is 6.54 Å². The van der Waals surface area contributed by atoms with Gasteiger partial charge in [0.25, 0.3) is 5.91 Å². The molecule has 2 fully saturated rings. The van der Waals surface area contributed by atoms with Crippen molar-refractivity contribution in [1.29, 1.82) is 0 Å². The summed E-state index contributed by atoms with van der Waals surface area (Å²) >= 11 is 0. The number of nitrogens with one attached hydrogen (secondary N) is 1. The maximum absolute atomic E-state index is 12.8. The van der Waals surface area contributed by atoms with Crippen LogP contribution in [0.15, 0.2) is 24.3 Å². The number of imide groups is 1. The summed E-state index contributed by atoms with van der Waals surface area (Å²) in [4.78, 5) is 28.8. The SMILES string of the molecule is CCN1CCC2(CC1)NC(=O)N(Cc1ccc(CN)cc1)C2=O. The lowest BCUT2D eigenvalue weighted by atomic mass is 9.87. The number of carbonyl (C=O) groups is 2. The minimum atomic E-state index is -0.694. The first-order chi connectivity index (χ1) is 11.1. The third kappa shape index (κ3) is 2.96. The quantitative estimate of drug-likeness (QED) is 0.814. The first kappa shape index (κ1) is 16.0. The van der Waals surface area contributed by atoms with Gasteiger partial charge in [-0.15, -0.1) is 0 Å². The monoisotopic (exact) mass is 316 g/mol. The van der Waals surface area contributed by atoms with Crippen LogP contribution < -0.4 is 11.1 Å². The smallest absolute Gasteiger partial charge is 0.325 e. The summed E-state index contributed by atoms with van der Waals surface area (Å²) < 4.78 is 0. The molecule has 0 aromatic heterocycles. The number of benzene rings is 1. The van der Waals surface area contributed by atoms with Gasteiger partial charge in [-0.3, -0.25) is 9.69 Å². The van der Waals surface area contributed by atoms with E-state index in [9.17, 15) is 9.59 Å². The molecule has 6 heteroatoms. The summed E-state index contributed by atoms with van der Waals surface area (Å²) in [5.74, 6) is -0.0823. The van der Waals surface area contributed by atoms with Crippen molar-refractivity contribution in [2.75, 3.05) is 19.6 Å². The Hall–Kier alpha value is -1.92. The lowest BCUT2D eigenvalue weighted by molar-refractivity contribution is -0.133. The summed E-state index contributed by atoms with van der Waals surface area (Å²) in [6.45, 7) is 5.60. The molecule has 0 aliphatic carbocycles. The molecule has 3 amide bonds. The summed E-state index contributed by atoms with van der Waals surface area (Å²) in [5, 5.41) is 2.95. The van der Waals surface area contributed by atoms with Crippen LogP contribution in [0.2, 0.25) is 0 Å². The molecule has 3 rings (SSSR count). The fourth-order valence-electron chi connectivity index (χ4n) is 3.37. The van der Waals surface area contributed by atoms with Crippen LogP contribution in [0.4, 0.5) is 4.79 Å². The van der Waals surface area contributed by atoms with Crippen LogP contribution in [-0.2, 0) is 17.9 Å². The van der Waals surface area contributed by atoms with E-state index in [-0.39, 0.29) is 11.9 Å². The van der Waals surface area contributed by atoms with Gasteiger partial charge in [-0.1, -0.05) is 31.2 Å². The molecule has 0 atom stereocenters. The van der Waals surface area contributed by atoms with Gasteiger partial charge in [-0.25, -0.2) is 4.79 Å². The summed E-state index contributed by atoms with van der Waals surface area (Å²) in [7, 11) is 0. The minimum absolute atomic E-state index is 0.0823. The standard InChI is InChI=1S/C17H24N4O2/c1-2-20-9-7-17(8-10-20)15(22)21(16(23)19-17)12-14-5-3-13(11-18)4-6-14/h3-6H,2,7-12,18H2,1H3,(H,19,23). The van der Waals surface area contributed by atoms with E-state index in [1.807, 2.05) is 24.3 Å². The van der Waals surface area contributed by atoms with Crippen LogP contribution in [0.5, 0.6) is 0 Å². The van der Waals surface area contributed by atoms with Gasteiger partial charge in [0, 0.05) is 19.6 Å². The molecule has 2 aliphatic rings. The summed E-state index contributed by atoms with van der Waals surface area (Å²) in [5.41, 5.74) is 6.87. The average Bonchev–Trinajstić information content (AvgIpc) is 2.81. The van der Waals surface area contributed by atoms with E-state index >= 15 is 0 Å². The Labute approximate surface area is 136 Å². The lowest BCUT2D eigenvalue weighted by Crippen LogP contribution is -2.54. The molecule has 0 bridgehead atoms. The van der Waals surface area contributed by atoms with E-state index in [1.165, 1.54) is 4.90 Å². The van der Waals surface area contributed by atoms with Crippen LogP contribution >= 0.6 is 0 Å². The zero-order chi connectivity index (χ0) is 16.4. The summed E-state index contributed by atoms with van der Waals surface area (Å²) in [6.07, 6.45) is 1.38. The number of rotatable bonds is 4. The highest BCUT2D eigenvalue weighted by Gasteiger charge is 2.51.